The maximum atomic E-state index is 13.1. The molecular formula is C21H23N5O3. The van der Waals surface area contributed by atoms with Gasteiger partial charge in [0.05, 0.1) is 5.69 Å². The number of carbonyl (C=O) groups excluding carboxylic acids is 2. The number of hydrogen-bond donors (Lipinski definition) is 1. The van der Waals surface area contributed by atoms with Crippen molar-refractivity contribution >= 4 is 17.6 Å². The molecule has 0 saturated carbocycles. The van der Waals surface area contributed by atoms with Gasteiger partial charge in [-0.3, -0.25) is 14.3 Å². The van der Waals surface area contributed by atoms with Gasteiger partial charge in [0, 0.05) is 19.7 Å². The normalized spacial score (nSPS) is 16.2. The van der Waals surface area contributed by atoms with Crippen LogP contribution in [0.4, 0.5) is 5.82 Å². The zero-order valence-corrected chi connectivity index (χ0v) is 16.7. The molecule has 1 fully saturated rings. The SMILES string of the molecule is Cc1ccc(-c2cc(C(=O)N3CCC[C@@H]3C(=O)Nc3cc(C)on3)nn2C)cc1. The molecule has 1 atom stereocenters. The molecule has 0 aliphatic carbocycles. The molecule has 0 spiro atoms. The molecule has 2 aromatic heterocycles. The van der Waals surface area contributed by atoms with Crippen molar-refractivity contribution < 1.29 is 14.1 Å². The Morgan fingerprint density at radius 2 is 1.93 bits per heavy atom. The molecule has 1 aliphatic heterocycles. The smallest absolute Gasteiger partial charge is 0.275 e. The quantitative estimate of drug-likeness (QED) is 0.736. The van der Waals surface area contributed by atoms with Crippen molar-refractivity contribution in [3.8, 4) is 11.3 Å². The van der Waals surface area contributed by atoms with Crippen molar-refractivity contribution in [2.45, 2.75) is 32.7 Å². The first kappa shape index (κ1) is 18.9. The second kappa shape index (κ2) is 7.54. The molecule has 1 aliphatic rings. The highest BCUT2D eigenvalue weighted by atomic mass is 16.5. The van der Waals surface area contributed by atoms with E-state index in [9.17, 15) is 9.59 Å². The Hall–Kier alpha value is -3.42. The maximum Gasteiger partial charge on any atom is 0.275 e. The van der Waals surface area contributed by atoms with Crippen LogP contribution in [0.5, 0.6) is 0 Å². The first-order valence-electron chi connectivity index (χ1n) is 9.58. The molecule has 1 saturated heterocycles. The number of benzene rings is 1. The van der Waals surface area contributed by atoms with Gasteiger partial charge in [-0.1, -0.05) is 35.0 Å². The van der Waals surface area contributed by atoms with Gasteiger partial charge in [-0.25, -0.2) is 0 Å². The van der Waals surface area contributed by atoms with E-state index >= 15 is 0 Å². The second-order valence-corrected chi connectivity index (χ2v) is 7.37. The predicted octanol–water partition coefficient (Wildman–Crippen LogP) is 2.94. The molecule has 2 amide bonds. The van der Waals surface area contributed by atoms with Gasteiger partial charge in [-0.05, 0) is 38.3 Å². The number of aryl methyl sites for hydroxylation is 3. The van der Waals surface area contributed by atoms with Gasteiger partial charge >= 0.3 is 0 Å². The summed E-state index contributed by atoms with van der Waals surface area (Å²) >= 11 is 0. The van der Waals surface area contributed by atoms with Crippen LogP contribution in [-0.2, 0) is 11.8 Å². The Labute approximate surface area is 168 Å². The topological polar surface area (TPSA) is 93.3 Å². The summed E-state index contributed by atoms with van der Waals surface area (Å²) in [6.45, 7) is 4.30. The van der Waals surface area contributed by atoms with Crippen LogP contribution < -0.4 is 5.32 Å². The van der Waals surface area contributed by atoms with Gasteiger partial charge in [0.15, 0.2) is 11.5 Å². The largest absolute Gasteiger partial charge is 0.360 e. The molecule has 4 rings (SSSR count). The molecular weight excluding hydrogens is 370 g/mol. The standard InChI is InChI=1S/C21H23N5O3/c1-13-6-8-15(9-7-13)18-12-16(23-25(18)3)21(28)26-10-4-5-17(26)20(27)22-19-11-14(2)29-24-19/h6-9,11-12,17H,4-5,10H2,1-3H3,(H,22,24,27)/t17-/m1/s1. The number of anilines is 1. The highest BCUT2D eigenvalue weighted by Gasteiger charge is 2.36. The highest BCUT2D eigenvalue weighted by Crippen LogP contribution is 2.25. The molecule has 3 heterocycles. The minimum absolute atomic E-state index is 0.243. The fourth-order valence-corrected chi connectivity index (χ4v) is 3.63. The lowest BCUT2D eigenvalue weighted by molar-refractivity contribution is -0.119. The van der Waals surface area contributed by atoms with Crippen molar-refractivity contribution in [1.82, 2.24) is 19.8 Å². The van der Waals surface area contributed by atoms with E-state index in [2.05, 4.69) is 15.6 Å². The number of aromatic nitrogens is 3. The Morgan fingerprint density at radius 1 is 1.17 bits per heavy atom. The van der Waals surface area contributed by atoms with Crippen LogP contribution in [0.15, 0.2) is 40.9 Å². The third-order valence-electron chi connectivity index (χ3n) is 5.14. The van der Waals surface area contributed by atoms with E-state index in [-0.39, 0.29) is 11.8 Å². The van der Waals surface area contributed by atoms with Crippen LogP contribution in [0.1, 0.15) is 34.7 Å². The van der Waals surface area contributed by atoms with E-state index < -0.39 is 6.04 Å². The summed E-state index contributed by atoms with van der Waals surface area (Å²) in [5, 5.41) is 10.9. The van der Waals surface area contributed by atoms with E-state index in [4.69, 9.17) is 4.52 Å². The monoisotopic (exact) mass is 393 g/mol. The van der Waals surface area contributed by atoms with E-state index in [0.29, 0.717) is 30.2 Å². The van der Waals surface area contributed by atoms with Crippen molar-refractivity contribution in [2.24, 2.45) is 7.05 Å². The lowest BCUT2D eigenvalue weighted by Gasteiger charge is -2.22. The Kier molecular flexibility index (Phi) is 4.92. The molecule has 29 heavy (non-hydrogen) atoms. The van der Waals surface area contributed by atoms with Gasteiger partial charge in [-0.2, -0.15) is 5.10 Å². The molecule has 0 radical (unpaired) electrons. The fraction of sp³-hybridized carbons (Fsp3) is 0.333. The average molecular weight is 393 g/mol. The van der Waals surface area contributed by atoms with Crippen LogP contribution in [0.3, 0.4) is 0 Å². The van der Waals surface area contributed by atoms with Gasteiger partial charge in [0.25, 0.3) is 5.91 Å². The summed E-state index contributed by atoms with van der Waals surface area (Å²) in [5.41, 5.74) is 3.34. The number of nitrogens with zero attached hydrogens (tertiary/aromatic N) is 4. The van der Waals surface area contributed by atoms with Crippen LogP contribution in [0.25, 0.3) is 11.3 Å². The summed E-state index contributed by atoms with van der Waals surface area (Å²) in [6.07, 6.45) is 1.37. The summed E-state index contributed by atoms with van der Waals surface area (Å²) in [7, 11) is 1.81. The van der Waals surface area contributed by atoms with Gasteiger partial charge < -0.3 is 14.7 Å². The van der Waals surface area contributed by atoms with Crippen molar-refractivity contribution in [1.29, 1.82) is 0 Å². The van der Waals surface area contributed by atoms with Gasteiger partial charge in [0.1, 0.15) is 11.8 Å². The Morgan fingerprint density at radius 3 is 2.62 bits per heavy atom. The number of amides is 2. The van der Waals surface area contributed by atoms with E-state index in [1.807, 2.05) is 38.2 Å². The van der Waals surface area contributed by atoms with Crippen LogP contribution in [-0.4, -0.2) is 44.2 Å². The number of likely N-dealkylation sites (tertiary alicyclic amines) is 1. The third kappa shape index (κ3) is 3.78. The summed E-state index contributed by atoms with van der Waals surface area (Å²) in [5.74, 6) is 0.454. The lowest BCUT2D eigenvalue weighted by atomic mass is 10.1. The fourth-order valence-electron chi connectivity index (χ4n) is 3.63. The van der Waals surface area contributed by atoms with Crippen molar-refractivity contribution in [3.63, 3.8) is 0 Å². The van der Waals surface area contributed by atoms with E-state index in [1.54, 1.807) is 28.6 Å². The second-order valence-electron chi connectivity index (χ2n) is 7.37. The van der Waals surface area contributed by atoms with Gasteiger partial charge in [0.2, 0.25) is 5.91 Å². The molecule has 1 aromatic carbocycles. The first-order valence-corrected chi connectivity index (χ1v) is 9.58. The van der Waals surface area contributed by atoms with Crippen LogP contribution in [0.2, 0.25) is 0 Å². The van der Waals surface area contributed by atoms with Crippen LogP contribution in [0, 0.1) is 13.8 Å². The molecule has 0 bridgehead atoms. The minimum atomic E-state index is -0.552. The summed E-state index contributed by atoms with van der Waals surface area (Å²) in [4.78, 5) is 27.4. The van der Waals surface area contributed by atoms with Crippen molar-refractivity contribution in [2.75, 3.05) is 11.9 Å². The predicted molar refractivity (Wildman–Crippen MR) is 107 cm³/mol. The first-order chi connectivity index (χ1) is 13.9. The summed E-state index contributed by atoms with van der Waals surface area (Å²) < 4.78 is 6.67. The lowest BCUT2D eigenvalue weighted by Crippen LogP contribution is -2.43. The molecule has 0 unspecified atom stereocenters. The molecule has 1 N–H and O–H groups in total. The zero-order chi connectivity index (χ0) is 20.5. The van der Waals surface area contributed by atoms with E-state index in [0.717, 1.165) is 17.7 Å². The average Bonchev–Trinajstić information content (AvgIpc) is 3.42. The van der Waals surface area contributed by atoms with Crippen LogP contribution >= 0.6 is 0 Å². The maximum absolute atomic E-state index is 13.1. The molecule has 3 aromatic rings. The highest BCUT2D eigenvalue weighted by molar-refractivity contribution is 6.00. The zero-order valence-electron chi connectivity index (χ0n) is 16.7. The number of rotatable bonds is 4. The number of nitrogens with one attached hydrogen (secondary N) is 1. The molecule has 150 valence electrons. The van der Waals surface area contributed by atoms with Crippen molar-refractivity contribution in [3.05, 3.63) is 53.4 Å². The summed E-state index contributed by atoms with van der Waals surface area (Å²) in [6, 6.07) is 10.9. The van der Waals surface area contributed by atoms with E-state index in [1.165, 1.54) is 5.56 Å². The number of hydrogen-bond acceptors (Lipinski definition) is 5. The van der Waals surface area contributed by atoms with Gasteiger partial charge in [-0.15, -0.1) is 0 Å². The Balaban J connectivity index is 1.53. The Bertz CT molecular complexity index is 1050. The molecule has 8 heteroatoms. The number of carbonyl (C=O) groups is 2. The molecule has 8 nitrogen and oxygen atoms in total. The minimum Gasteiger partial charge on any atom is -0.360 e. The third-order valence-corrected chi connectivity index (χ3v) is 5.14.